The van der Waals surface area contributed by atoms with Gasteiger partial charge in [-0.2, -0.15) is 0 Å². The molecule has 2 N–H and O–H groups in total. The van der Waals surface area contributed by atoms with Crippen molar-refractivity contribution in [1.82, 2.24) is 5.32 Å². The average molecular weight is 221 g/mol. The van der Waals surface area contributed by atoms with Gasteiger partial charge in [-0.3, -0.25) is 0 Å². The molecule has 0 bridgehead atoms. The van der Waals surface area contributed by atoms with Crippen LogP contribution in [-0.2, 0) is 11.2 Å². The summed E-state index contributed by atoms with van der Waals surface area (Å²) in [4.78, 5) is 11.1. The van der Waals surface area contributed by atoms with Gasteiger partial charge in [0.15, 0.2) is 0 Å². The maximum Gasteiger partial charge on any atom is 0.408 e. The van der Waals surface area contributed by atoms with E-state index in [0.29, 0.717) is 6.42 Å². The summed E-state index contributed by atoms with van der Waals surface area (Å²) in [5.74, 6) is 0.245. The number of ether oxygens (including phenoxy) is 1. The monoisotopic (exact) mass is 221 g/mol. The summed E-state index contributed by atoms with van der Waals surface area (Å²) in [6.07, 6.45) is 0.327. The number of hydrogen-bond acceptors (Lipinski definition) is 3. The summed E-state index contributed by atoms with van der Waals surface area (Å²) >= 11 is 0. The minimum atomic E-state index is -0.491. The molecular formula is C12H15NO3. The van der Waals surface area contributed by atoms with E-state index in [9.17, 15) is 4.79 Å². The Labute approximate surface area is 94.2 Å². The van der Waals surface area contributed by atoms with E-state index in [-0.39, 0.29) is 17.9 Å². The van der Waals surface area contributed by atoms with Crippen molar-refractivity contribution in [3.05, 3.63) is 29.8 Å². The Balaban J connectivity index is 2.10. The first-order chi connectivity index (χ1) is 7.47. The lowest BCUT2D eigenvalue weighted by Gasteiger charge is -2.23. The molecule has 1 aliphatic heterocycles. The fourth-order valence-electron chi connectivity index (χ4n) is 1.82. The van der Waals surface area contributed by atoms with Crippen molar-refractivity contribution in [2.45, 2.75) is 31.9 Å². The van der Waals surface area contributed by atoms with Crippen LogP contribution in [-0.4, -0.2) is 22.8 Å². The lowest BCUT2D eigenvalue weighted by atomic mass is 9.93. The molecule has 0 spiro atoms. The van der Waals surface area contributed by atoms with Crippen molar-refractivity contribution in [3.8, 4) is 5.75 Å². The fourth-order valence-corrected chi connectivity index (χ4v) is 1.82. The number of benzene rings is 1. The van der Waals surface area contributed by atoms with E-state index < -0.39 is 5.60 Å². The number of cyclic esters (lactones) is 1. The van der Waals surface area contributed by atoms with E-state index in [0.717, 1.165) is 5.56 Å². The number of rotatable bonds is 2. The maximum atomic E-state index is 11.1. The first-order valence-electron chi connectivity index (χ1n) is 5.25. The Morgan fingerprint density at radius 3 is 2.50 bits per heavy atom. The lowest BCUT2D eigenvalue weighted by Crippen LogP contribution is -2.40. The molecule has 1 amide bonds. The molecule has 4 heteroatoms. The number of amides is 1. The van der Waals surface area contributed by atoms with Gasteiger partial charge in [-0.05, 0) is 38.0 Å². The van der Waals surface area contributed by atoms with E-state index in [1.54, 1.807) is 12.1 Å². The van der Waals surface area contributed by atoms with Gasteiger partial charge in [-0.25, -0.2) is 4.79 Å². The third-order valence-electron chi connectivity index (χ3n) is 2.86. The molecule has 0 aliphatic carbocycles. The molecule has 1 aromatic carbocycles. The number of hydrogen-bond donors (Lipinski definition) is 2. The summed E-state index contributed by atoms with van der Waals surface area (Å²) in [7, 11) is 0. The highest BCUT2D eigenvalue weighted by Gasteiger charge is 2.40. The summed E-state index contributed by atoms with van der Waals surface area (Å²) in [6, 6.07) is 6.93. The Morgan fingerprint density at radius 1 is 1.38 bits per heavy atom. The number of nitrogens with one attached hydrogen (secondary N) is 1. The molecule has 2 rings (SSSR count). The molecule has 86 valence electrons. The number of carbonyl (C=O) groups is 1. The predicted molar refractivity (Wildman–Crippen MR) is 59.3 cm³/mol. The molecule has 1 fully saturated rings. The van der Waals surface area contributed by atoms with Gasteiger partial charge in [0.1, 0.15) is 11.4 Å². The summed E-state index contributed by atoms with van der Waals surface area (Å²) in [6.45, 7) is 3.77. The zero-order valence-corrected chi connectivity index (χ0v) is 9.36. The van der Waals surface area contributed by atoms with Crippen LogP contribution >= 0.6 is 0 Å². The van der Waals surface area contributed by atoms with Crippen molar-refractivity contribution in [2.24, 2.45) is 0 Å². The van der Waals surface area contributed by atoms with E-state index >= 15 is 0 Å². The van der Waals surface area contributed by atoms with Crippen LogP contribution in [0.1, 0.15) is 19.4 Å². The number of phenolic OH excluding ortho intramolecular Hbond substituents is 1. The number of phenols is 1. The summed E-state index contributed by atoms with van der Waals surface area (Å²) < 4.78 is 5.16. The second kappa shape index (κ2) is 3.70. The fraction of sp³-hybridized carbons (Fsp3) is 0.417. The van der Waals surface area contributed by atoms with Crippen LogP contribution in [0.2, 0.25) is 0 Å². The average Bonchev–Trinajstić information content (AvgIpc) is 2.43. The largest absolute Gasteiger partial charge is 0.508 e. The third-order valence-corrected chi connectivity index (χ3v) is 2.86. The zero-order chi connectivity index (χ0) is 11.8. The Hall–Kier alpha value is -1.71. The van der Waals surface area contributed by atoms with Crippen LogP contribution in [0.25, 0.3) is 0 Å². The third kappa shape index (κ3) is 2.10. The molecule has 1 atom stereocenters. The highest BCUT2D eigenvalue weighted by atomic mass is 16.6. The summed E-state index contributed by atoms with van der Waals surface area (Å²) in [5, 5.41) is 12.0. The molecule has 1 heterocycles. The van der Waals surface area contributed by atoms with Crippen molar-refractivity contribution >= 4 is 6.09 Å². The Bertz CT molecular complexity index is 397. The first kappa shape index (κ1) is 10.8. The SMILES string of the molecule is CC1(C)OC(=O)N[C@H]1Cc1ccc(O)cc1. The van der Waals surface area contributed by atoms with E-state index in [1.165, 1.54) is 0 Å². The van der Waals surface area contributed by atoms with Crippen LogP contribution in [0.3, 0.4) is 0 Å². The summed E-state index contributed by atoms with van der Waals surface area (Å²) in [5.41, 5.74) is 0.566. The molecule has 1 aromatic rings. The molecule has 0 unspecified atom stereocenters. The van der Waals surface area contributed by atoms with Gasteiger partial charge >= 0.3 is 6.09 Å². The smallest absolute Gasteiger partial charge is 0.408 e. The Kier molecular flexibility index (Phi) is 2.50. The molecule has 4 nitrogen and oxygen atoms in total. The maximum absolute atomic E-state index is 11.1. The standard InChI is InChI=1S/C12H15NO3/c1-12(2)10(13-11(15)16-12)7-8-3-5-9(14)6-4-8/h3-6,10,14H,7H2,1-2H3,(H,13,15)/t10-/m0/s1. The topological polar surface area (TPSA) is 58.6 Å². The lowest BCUT2D eigenvalue weighted by molar-refractivity contribution is 0.0685. The van der Waals surface area contributed by atoms with Gasteiger partial charge in [0.05, 0.1) is 6.04 Å². The quantitative estimate of drug-likeness (QED) is 0.800. The predicted octanol–water partition coefficient (Wildman–Crippen LogP) is 1.82. The number of aromatic hydroxyl groups is 1. The van der Waals surface area contributed by atoms with Crippen molar-refractivity contribution in [3.63, 3.8) is 0 Å². The first-order valence-corrected chi connectivity index (χ1v) is 5.25. The molecule has 1 aliphatic rings. The van der Waals surface area contributed by atoms with Crippen LogP contribution in [0.15, 0.2) is 24.3 Å². The second-order valence-electron chi connectivity index (χ2n) is 4.56. The van der Waals surface area contributed by atoms with Crippen molar-refractivity contribution in [1.29, 1.82) is 0 Å². The van der Waals surface area contributed by atoms with Crippen LogP contribution in [0.5, 0.6) is 5.75 Å². The molecule has 1 saturated heterocycles. The Morgan fingerprint density at radius 2 is 2.00 bits per heavy atom. The van der Waals surface area contributed by atoms with Gasteiger partial charge in [-0.1, -0.05) is 12.1 Å². The molecule has 0 aromatic heterocycles. The van der Waals surface area contributed by atoms with E-state index in [4.69, 9.17) is 9.84 Å². The van der Waals surface area contributed by atoms with Crippen molar-refractivity contribution < 1.29 is 14.6 Å². The minimum absolute atomic E-state index is 0.0375. The molecule has 16 heavy (non-hydrogen) atoms. The normalized spacial score (nSPS) is 22.6. The highest BCUT2D eigenvalue weighted by molar-refractivity contribution is 5.71. The van der Waals surface area contributed by atoms with Gasteiger partial charge in [0.25, 0.3) is 0 Å². The molecule has 0 radical (unpaired) electrons. The van der Waals surface area contributed by atoms with Gasteiger partial charge in [0, 0.05) is 0 Å². The van der Waals surface area contributed by atoms with Crippen LogP contribution in [0, 0.1) is 0 Å². The molecule has 0 saturated carbocycles. The van der Waals surface area contributed by atoms with Gasteiger partial charge < -0.3 is 15.2 Å². The van der Waals surface area contributed by atoms with Crippen LogP contribution in [0.4, 0.5) is 4.79 Å². The highest BCUT2D eigenvalue weighted by Crippen LogP contribution is 2.24. The van der Waals surface area contributed by atoms with Gasteiger partial charge in [0.2, 0.25) is 0 Å². The second-order valence-corrected chi connectivity index (χ2v) is 4.56. The van der Waals surface area contributed by atoms with Crippen molar-refractivity contribution in [2.75, 3.05) is 0 Å². The zero-order valence-electron chi connectivity index (χ0n) is 9.36. The van der Waals surface area contributed by atoms with E-state index in [2.05, 4.69) is 5.32 Å². The number of alkyl carbamates (subject to hydrolysis) is 1. The van der Waals surface area contributed by atoms with Crippen LogP contribution < -0.4 is 5.32 Å². The van der Waals surface area contributed by atoms with E-state index in [1.807, 2.05) is 26.0 Å². The molecular weight excluding hydrogens is 206 g/mol. The minimum Gasteiger partial charge on any atom is -0.508 e. The number of carbonyl (C=O) groups excluding carboxylic acids is 1. The van der Waals surface area contributed by atoms with Gasteiger partial charge in [-0.15, -0.1) is 0 Å².